The van der Waals surface area contributed by atoms with E-state index in [9.17, 15) is 4.57 Å². The maximum absolute atomic E-state index is 13.5. The third-order valence-corrected chi connectivity index (χ3v) is 11.2. The van der Waals surface area contributed by atoms with Gasteiger partial charge in [0.1, 0.15) is 18.7 Å². The summed E-state index contributed by atoms with van der Waals surface area (Å²) in [4.78, 5) is 19.0. The van der Waals surface area contributed by atoms with E-state index in [0.29, 0.717) is 22.3 Å². The molecule has 2 aromatic carbocycles. The number of benzene rings is 2. The van der Waals surface area contributed by atoms with E-state index in [4.69, 9.17) is 9.72 Å². The van der Waals surface area contributed by atoms with E-state index < -0.39 is 7.14 Å². The van der Waals surface area contributed by atoms with Gasteiger partial charge in [-0.05, 0) is 84.6 Å². The Kier molecular flexibility index (Phi) is 9.85. The Morgan fingerprint density at radius 3 is 2.48 bits per heavy atom. The number of halogens is 1. The molecule has 3 N–H and O–H groups in total. The molecule has 2 saturated heterocycles. The zero-order valence-electron chi connectivity index (χ0n) is 27.4. The van der Waals surface area contributed by atoms with Crippen LogP contribution in [0.15, 0.2) is 47.2 Å². The van der Waals surface area contributed by atoms with Gasteiger partial charge in [0.25, 0.3) is 0 Å². The van der Waals surface area contributed by atoms with Crippen LogP contribution in [0.5, 0.6) is 5.75 Å². The van der Waals surface area contributed by atoms with E-state index >= 15 is 0 Å². The number of pyridine rings is 1. The fourth-order valence-electron chi connectivity index (χ4n) is 6.74. The van der Waals surface area contributed by atoms with Crippen LogP contribution >= 0.6 is 23.1 Å². The highest BCUT2D eigenvalue weighted by Gasteiger charge is 2.27. The van der Waals surface area contributed by atoms with E-state index in [0.717, 1.165) is 84.6 Å². The Labute approximate surface area is 280 Å². The molecule has 2 aromatic heterocycles. The average molecular weight is 708 g/mol. The fraction of sp³-hybridized carbons (Fsp3) is 0.441. The van der Waals surface area contributed by atoms with Crippen molar-refractivity contribution in [2.24, 2.45) is 0 Å². The predicted molar refractivity (Wildman–Crippen MR) is 194 cm³/mol. The highest BCUT2D eigenvalue weighted by Crippen LogP contribution is 2.42. The van der Waals surface area contributed by atoms with E-state index in [1.807, 2.05) is 31.3 Å². The molecule has 0 bridgehead atoms. The quantitative estimate of drug-likeness (QED) is 0.172. The Morgan fingerprint density at radius 1 is 1.02 bits per heavy atom. The summed E-state index contributed by atoms with van der Waals surface area (Å²) < 4.78 is 20.1. The van der Waals surface area contributed by atoms with Crippen LogP contribution in [-0.4, -0.2) is 85.6 Å². The number of nitrogens with zero attached hydrogens (tertiary/aromatic N) is 5. The molecule has 2 fully saturated rings. The summed E-state index contributed by atoms with van der Waals surface area (Å²) >= 11 is 3.61. The number of anilines is 5. The van der Waals surface area contributed by atoms with Crippen molar-refractivity contribution in [3.63, 3.8) is 0 Å². The maximum atomic E-state index is 13.5. The predicted octanol–water partition coefficient (Wildman–Crippen LogP) is 6.28. The van der Waals surface area contributed by atoms with Gasteiger partial charge in [-0.25, -0.2) is 4.98 Å². The van der Waals surface area contributed by atoms with Gasteiger partial charge in [-0.1, -0.05) is 13.0 Å². The summed E-state index contributed by atoms with van der Waals surface area (Å²) in [6, 6.07) is 11.0. The number of rotatable bonds is 9. The molecule has 46 heavy (non-hydrogen) atoms. The molecule has 4 heterocycles. The van der Waals surface area contributed by atoms with Crippen LogP contribution in [0, 0.1) is 6.92 Å². The van der Waals surface area contributed by atoms with Crippen molar-refractivity contribution in [1.29, 1.82) is 0 Å². The molecule has 244 valence electrons. The number of piperazine rings is 1. The lowest BCUT2D eigenvalue weighted by molar-refractivity contribution is 0.150. The average Bonchev–Trinajstić information content (AvgIpc) is 3.06. The first-order chi connectivity index (χ1) is 22.1. The lowest BCUT2D eigenvalue weighted by atomic mass is 9.99. The number of nitrogens with one attached hydrogen (secondary N) is 3. The van der Waals surface area contributed by atoms with E-state index in [-0.39, 0.29) is 0 Å². The van der Waals surface area contributed by atoms with Crippen molar-refractivity contribution in [3.05, 3.63) is 58.5 Å². The van der Waals surface area contributed by atoms with E-state index in [1.165, 1.54) is 24.1 Å². The second-order valence-corrected chi connectivity index (χ2v) is 16.5. The van der Waals surface area contributed by atoms with Crippen LogP contribution in [0.2, 0.25) is 0 Å². The third kappa shape index (κ3) is 7.03. The molecular formula is C34H44BrN8O2P. The van der Waals surface area contributed by atoms with Crippen molar-refractivity contribution >= 4 is 68.0 Å². The molecule has 2 aliphatic heterocycles. The molecular weight excluding hydrogens is 663 g/mol. The molecule has 10 nitrogen and oxygen atoms in total. The van der Waals surface area contributed by atoms with Crippen LogP contribution < -0.4 is 30.9 Å². The van der Waals surface area contributed by atoms with Gasteiger partial charge in [-0.15, -0.1) is 0 Å². The largest absolute Gasteiger partial charge is 0.494 e. The molecule has 12 heteroatoms. The zero-order valence-corrected chi connectivity index (χ0v) is 29.8. The maximum Gasteiger partial charge on any atom is 0.229 e. The summed E-state index contributed by atoms with van der Waals surface area (Å²) in [6.07, 6.45) is 6.77. The number of ether oxygens (including phenoxy) is 1. The topological polar surface area (TPSA) is 108 Å². The lowest BCUT2D eigenvalue weighted by Crippen LogP contribution is -2.52. The number of aromatic nitrogens is 3. The second-order valence-electron chi connectivity index (χ2n) is 12.5. The van der Waals surface area contributed by atoms with Gasteiger partial charge in [-0.2, -0.15) is 4.98 Å². The highest BCUT2D eigenvalue weighted by molar-refractivity contribution is 9.10. The molecule has 0 unspecified atom stereocenters. The normalized spacial score (nSPS) is 16.5. The van der Waals surface area contributed by atoms with Crippen LogP contribution in [-0.2, 0) is 11.0 Å². The Morgan fingerprint density at radius 2 is 1.78 bits per heavy atom. The third-order valence-electron chi connectivity index (χ3n) is 9.05. The van der Waals surface area contributed by atoms with Crippen LogP contribution in [0.4, 0.5) is 28.8 Å². The van der Waals surface area contributed by atoms with E-state index in [1.54, 1.807) is 26.6 Å². The molecule has 0 amide bonds. The Hall–Kier alpha value is -3.24. The molecule has 0 saturated carbocycles. The van der Waals surface area contributed by atoms with Crippen molar-refractivity contribution < 1.29 is 9.30 Å². The van der Waals surface area contributed by atoms with Gasteiger partial charge >= 0.3 is 0 Å². The minimum atomic E-state index is -2.68. The molecule has 0 aliphatic carbocycles. The van der Waals surface area contributed by atoms with Crippen molar-refractivity contribution in [3.8, 4) is 5.75 Å². The lowest BCUT2D eigenvalue weighted by Gasteiger charge is -2.41. The molecule has 0 radical (unpaired) electrons. The highest BCUT2D eigenvalue weighted by atomic mass is 79.9. The number of piperidine rings is 1. The minimum absolute atomic E-state index is 0.423. The van der Waals surface area contributed by atoms with Crippen molar-refractivity contribution in [2.45, 2.75) is 39.2 Å². The van der Waals surface area contributed by atoms with Crippen LogP contribution in [0.3, 0.4) is 0 Å². The summed E-state index contributed by atoms with van der Waals surface area (Å²) in [6.45, 7) is 14.3. The smallest absolute Gasteiger partial charge is 0.229 e. The first-order valence-electron chi connectivity index (χ1n) is 16.1. The summed E-state index contributed by atoms with van der Waals surface area (Å²) in [5.74, 6) is 1.73. The monoisotopic (exact) mass is 706 g/mol. The molecule has 0 atom stereocenters. The van der Waals surface area contributed by atoms with E-state index in [2.05, 4.69) is 70.7 Å². The molecule has 2 aliphatic rings. The number of fused-ring (bicyclic) bond motifs is 1. The standard InChI is InChI=1S/C34H44BrN8O2P/c1-6-23-18-29(31(45-3)19-30(23)43-13-9-25(10-14-43)42-15-11-36-12-16-42)40-34-38-21-27(35)33(41-34)39-28-8-7-24-17-22(2)37-20-26(24)32(28)46(4,5)44/h7-8,17-21,25,36H,6,9-16H2,1-5H3,(H2,38,39,40,41). The van der Waals surface area contributed by atoms with Crippen LogP contribution in [0.1, 0.15) is 31.0 Å². The molecule has 6 rings (SSSR count). The minimum Gasteiger partial charge on any atom is -0.494 e. The number of hydrogen-bond acceptors (Lipinski definition) is 10. The summed E-state index contributed by atoms with van der Waals surface area (Å²) in [7, 11) is -0.983. The fourth-order valence-corrected chi connectivity index (χ4v) is 8.50. The number of methoxy groups -OCH3 is 1. The molecule has 0 spiro atoms. The van der Waals surface area contributed by atoms with Gasteiger partial charge in [-0.3, -0.25) is 9.88 Å². The van der Waals surface area contributed by atoms with Gasteiger partial charge in [0.2, 0.25) is 5.95 Å². The first kappa shape index (κ1) is 32.7. The summed E-state index contributed by atoms with van der Waals surface area (Å²) in [5.41, 5.74) is 4.95. The second kappa shape index (κ2) is 13.9. The molecule has 4 aromatic rings. The number of hydrogen-bond donors (Lipinski definition) is 3. The van der Waals surface area contributed by atoms with Gasteiger partial charge in [0, 0.05) is 85.8 Å². The Bertz CT molecular complexity index is 1770. The van der Waals surface area contributed by atoms with Crippen molar-refractivity contribution in [2.75, 3.05) is 75.2 Å². The zero-order chi connectivity index (χ0) is 32.4. The first-order valence-corrected chi connectivity index (χ1v) is 19.5. The SMILES string of the molecule is CCc1cc(Nc2ncc(Br)c(Nc3ccc4cc(C)ncc4c3P(C)(C)=O)n2)c(OC)cc1N1CCC(N2CCNCC2)CC1. The number of aryl methyl sites for hydroxylation is 2. The van der Waals surface area contributed by atoms with Gasteiger partial charge in [0.05, 0.1) is 23.0 Å². The van der Waals surface area contributed by atoms with Gasteiger partial charge in [0.15, 0.2) is 0 Å². The van der Waals surface area contributed by atoms with Gasteiger partial charge < -0.3 is 30.2 Å². The van der Waals surface area contributed by atoms with Crippen LogP contribution in [0.25, 0.3) is 10.8 Å². The summed E-state index contributed by atoms with van der Waals surface area (Å²) in [5, 5.41) is 12.9. The Balaban J connectivity index is 1.25. The van der Waals surface area contributed by atoms with Crippen molar-refractivity contribution in [1.82, 2.24) is 25.2 Å².